The monoisotopic (exact) mass is 340 g/mol. The standard InChI is InChI=1S/C18H32N2O4/c1-3-5-6-7-8-9-10-11-12-14-20-18(24)16(22)15(21)17(23)19-13-4-2/h4,12,14-16,21-22H,2-3,5-11,13H2,1H3,(H,19,23)(H,20,24). The lowest BCUT2D eigenvalue weighted by molar-refractivity contribution is -0.145. The van der Waals surface area contributed by atoms with Crippen molar-refractivity contribution in [3.8, 4) is 0 Å². The average molecular weight is 340 g/mol. The normalized spacial score (nSPS) is 13.5. The molecule has 2 unspecified atom stereocenters. The summed E-state index contributed by atoms with van der Waals surface area (Å²) < 4.78 is 0. The summed E-state index contributed by atoms with van der Waals surface area (Å²) in [6.07, 6.45) is 10.5. The SMILES string of the molecule is C=CCNC(=O)C(O)C(O)C(=O)NC=CCCCCCCCCC. The zero-order chi connectivity index (χ0) is 18.2. The maximum Gasteiger partial charge on any atom is 0.256 e. The van der Waals surface area contributed by atoms with Crippen molar-refractivity contribution in [1.29, 1.82) is 0 Å². The summed E-state index contributed by atoms with van der Waals surface area (Å²) in [6.45, 7) is 5.77. The molecule has 0 spiro atoms. The molecule has 0 radical (unpaired) electrons. The number of carbonyl (C=O) groups excluding carboxylic acids is 2. The van der Waals surface area contributed by atoms with Gasteiger partial charge in [0, 0.05) is 6.54 Å². The highest BCUT2D eigenvalue weighted by molar-refractivity contribution is 5.91. The second-order valence-corrected chi connectivity index (χ2v) is 5.74. The summed E-state index contributed by atoms with van der Waals surface area (Å²) in [5.74, 6) is -1.63. The molecule has 0 fully saturated rings. The summed E-state index contributed by atoms with van der Waals surface area (Å²) in [4.78, 5) is 23.0. The number of amides is 2. The first-order chi connectivity index (χ1) is 11.5. The minimum Gasteiger partial charge on any atom is -0.380 e. The molecule has 2 amide bonds. The predicted molar refractivity (Wildman–Crippen MR) is 95.1 cm³/mol. The molecule has 0 saturated heterocycles. The van der Waals surface area contributed by atoms with E-state index < -0.39 is 24.0 Å². The first-order valence-corrected chi connectivity index (χ1v) is 8.74. The van der Waals surface area contributed by atoms with Crippen LogP contribution in [0.5, 0.6) is 0 Å². The van der Waals surface area contributed by atoms with Gasteiger partial charge in [-0.25, -0.2) is 0 Å². The van der Waals surface area contributed by atoms with Gasteiger partial charge in [0.1, 0.15) is 0 Å². The highest BCUT2D eigenvalue weighted by Gasteiger charge is 2.29. The molecule has 0 rings (SSSR count). The Morgan fingerprint density at radius 3 is 2.21 bits per heavy atom. The number of nitrogens with one attached hydrogen (secondary N) is 2. The molecule has 0 aliphatic heterocycles. The highest BCUT2D eigenvalue weighted by Crippen LogP contribution is 2.08. The fraction of sp³-hybridized carbons (Fsp3) is 0.667. The minimum atomic E-state index is -1.81. The van der Waals surface area contributed by atoms with E-state index in [-0.39, 0.29) is 6.54 Å². The summed E-state index contributed by atoms with van der Waals surface area (Å²) in [6, 6.07) is 0. The van der Waals surface area contributed by atoms with E-state index in [9.17, 15) is 19.8 Å². The molecule has 0 heterocycles. The maximum absolute atomic E-state index is 11.6. The molecule has 0 aromatic carbocycles. The van der Waals surface area contributed by atoms with E-state index in [1.54, 1.807) is 6.08 Å². The lowest BCUT2D eigenvalue weighted by atomic mass is 10.1. The largest absolute Gasteiger partial charge is 0.380 e. The van der Waals surface area contributed by atoms with Gasteiger partial charge < -0.3 is 20.8 Å². The third kappa shape index (κ3) is 11.0. The molecule has 6 nitrogen and oxygen atoms in total. The van der Waals surface area contributed by atoms with Crippen LogP contribution in [0, 0.1) is 0 Å². The van der Waals surface area contributed by atoms with Crippen LogP contribution in [0.3, 0.4) is 0 Å². The third-order valence-electron chi connectivity index (χ3n) is 3.57. The second-order valence-electron chi connectivity index (χ2n) is 5.74. The van der Waals surface area contributed by atoms with E-state index >= 15 is 0 Å². The number of hydrogen-bond donors (Lipinski definition) is 4. The first kappa shape index (κ1) is 22.3. The Labute approximate surface area is 145 Å². The van der Waals surface area contributed by atoms with Crippen LogP contribution in [0.4, 0.5) is 0 Å². The summed E-state index contributed by atoms with van der Waals surface area (Å²) >= 11 is 0. The van der Waals surface area contributed by atoms with Crippen LogP contribution in [0.2, 0.25) is 0 Å². The number of allylic oxidation sites excluding steroid dienone is 1. The Kier molecular flexibility index (Phi) is 13.9. The van der Waals surface area contributed by atoms with Crippen LogP contribution in [0.15, 0.2) is 24.9 Å². The van der Waals surface area contributed by atoms with Gasteiger partial charge in [-0.05, 0) is 19.0 Å². The predicted octanol–water partition coefficient (Wildman–Crippen LogP) is 1.78. The van der Waals surface area contributed by atoms with Gasteiger partial charge in [-0.1, -0.05) is 57.6 Å². The van der Waals surface area contributed by atoms with Crippen molar-refractivity contribution in [3.05, 3.63) is 24.9 Å². The van der Waals surface area contributed by atoms with Gasteiger partial charge in [0.05, 0.1) is 0 Å². The van der Waals surface area contributed by atoms with Crippen molar-refractivity contribution in [3.63, 3.8) is 0 Å². The van der Waals surface area contributed by atoms with Crippen LogP contribution >= 0.6 is 0 Å². The zero-order valence-corrected chi connectivity index (χ0v) is 14.7. The van der Waals surface area contributed by atoms with Crippen LogP contribution in [-0.4, -0.2) is 40.8 Å². The zero-order valence-electron chi connectivity index (χ0n) is 14.7. The molecule has 0 bridgehead atoms. The molecule has 0 aromatic rings. The fourth-order valence-electron chi connectivity index (χ4n) is 2.09. The fourth-order valence-corrected chi connectivity index (χ4v) is 2.09. The van der Waals surface area contributed by atoms with Gasteiger partial charge in [0.25, 0.3) is 11.8 Å². The number of aliphatic hydroxyl groups excluding tert-OH is 2. The molecule has 0 saturated carbocycles. The second kappa shape index (κ2) is 14.9. The van der Waals surface area contributed by atoms with Crippen molar-refractivity contribution in [2.24, 2.45) is 0 Å². The van der Waals surface area contributed by atoms with Gasteiger partial charge in [-0.15, -0.1) is 6.58 Å². The molecular weight excluding hydrogens is 308 g/mol. The first-order valence-electron chi connectivity index (χ1n) is 8.74. The number of aliphatic hydroxyl groups is 2. The smallest absolute Gasteiger partial charge is 0.256 e. The van der Waals surface area contributed by atoms with E-state index in [4.69, 9.17) is 0 Å². The minimum absolute atomic E-state index is 0.155. The van der Waals surface area contributed by atoms with E-state index in [1.165, 1.54) is 44.4 Å². The van der Waals surface area contributed by atoms with Crippen LogP contribution in [0.1, 0.15) is 58.3 Å². The van der Waals surface area contributed by atoms with Crippen LogP contribution < -0.4 is 10.6 Å². The summed E-state index contributed by atoms with van der Waals surface area (Å²) in [5.41, 5.74) is 0. The van der Waals surface area contributed by atoms with Gasteiger partial charge in [-0.2, -0.15) is 0 Å². The lowest BCUT2D eigenvalue weighted by Gasteiger charge is -2.15. The third-order valence-corrected chi connectivity index (χ3v) is 3.57. The molecule has 4 N–H and O–H groups in total. The Balaban J connectivity index is 3.82. The van der Waals surface area contributed by atoms with E-state index in [2.05, 4.69) is 24.1 Å². The van der Waals surface area contributed by atoms with Gasteiger partial charge >= 0.3 is 0 Å². The van der Waals surface area contributed by atoms with Gasteiger partial charge in [0.15, 0.2) is 12.2 Å². The topological polar surface area (TPSA) is 98.7 Å². The molecule has 0 aliphatic rings. The summed E-state index contributed by atoms with van der Waals surface area (Å²) in [7, 11) is 0. The summed E-state index contributed by atoms with van der Waals surface area (Å²) in [5, 5.41) is 23.9. The van der Waals surface area contributed by atoms with Crippen LogP contribution in [0.25, 0.3) is 0 Å². The Bertz CT molecular complexity index is 396. The van der Waals surface area contributed by atoms with Crippen molar-refractivity contribution in [1.82, 2.24) is 10.6 Å². The molecule has 0 aromatic heterocycles. The number of unbranched alkanes of at least 4 members (excludes halogenated alkanes) is 7. The van der Waals surface area contributed by atoms with Crippen LogP contribution in [-0.2, 0) is 9.59 Å². The maximum atomic E-state index is 11.6. The lowest BCUT2D eigenvalue weighted by Crippen LogP contribution is -2.48. The van der Waals surface area contributed by atoms with E-state index in [0.717, 1.165) is 19.3 Å². The molecule has 0 aliphatic carbocycles. The average Bonchev–Trinajstić information content (AvgIpc) is 2.59. The number of hydrogen-bond acceptors (Lipinski definition) is 4. The van der Waals surface area contributed by atoms with Crippen molar-refractivity contribution in [2.75, 3.05) is 6.54 Å². The molecule has 2 atom stereocenters. The van der Waals surface area contributed by atoms with Crippen molar-refractivity contribution >= 4 is 11.8 Å². The number of rotatable bonds is 14. The Morgan fingerprint density at radius 1 is 1.00 bits per heavy atom. The molecular formula is C18H32N2O4. The van der Waals surface area contributed by atoms with E-state index in [1.807, 2.05) is 0 Å². The molecule has 24 heavy (non-hydrogen) atoms. The molecule has 138 valence electrons. The number of carbonyl (C=O) groups is 2. The highest BCUT2D eigenvalue weighted by atomic mass is 16.3. The van der Waals surface area contributed by atoms with Gasteiger partial charge in [0.2, 0.25) is 0 Å². The molecule has 6 heteroatoms. The van der Waals surface area contributed by atoms with Crippen molar-refractivity contribution < 1.29 is 19.8 Å². The Morgan fingerprint density at radius 2 is 1.58 bits per heavy atom. The van der Waals surface area contributed by atoms with E-state index in [0.29, 0.717) is 0 Å². The quantitative estimate of drug-likeness (QED) is 0.286. The Hall–Kier alpha value is -1.66. The van der Waals surface area contributed by atoms with Crippen molar-refractivity contribution in [2.45, 2.75) is 70.5 Å². The van der Waals surface area contributed by atoms with Gasteiger partial charge in [-0.3, -0.25) is 9.59 Å².